The van der Waals surface area contributed by atoms with Crippen LogP contribution in [0.4, 0.5) is 0 Å². The quantitative estimate of drug-likeness (QED) is 0.885. The van der Waals surface area contributed by atoms with Gasteiger partial charge >= 0.3 is 0 Å². The van der Waals surface area contributed by atoms with Gasteiger partial charge in [-0.2, -0.15) is 0 Å². The molecule has 1 N–H and O–H groups in total. The molecule has 0 unspecified atom stereocenters. The molecular weight excluding hydrogens is 242 g/mol. The predicted octanol–water partition coefficient (Wildman–Crippen LogP) is 3.84. The molecule has 0 saturated carbocycles. The van der Waals surface area contributed by atoms with Gasteiger partial charge in [0, 0.05) is 6.04 Å². The highest BCUT2D eigenvalue weighted by molar-refractivity contribution is 5.17. The lowest BCUT2D eigenvalue weighted by atomic mass is 9.85. The molecule has 0 bridgehead atoms. The fourth-order valence-corrected chi connectivity index (χ4v) is 3.28. The summed E-state index contributed by atoms with van der Waals surface area (Å²) in [6.45, 7) is 1.16. The lowest BCUT2D eigenvalue weighted by molar-refractivity contribution is 0.299. The van der Waals surface area contributed by atoms with Crippen molar-refractivity contribution in [3.05, 3.63) is 71.8 Å². The second-order valence-corrected chi connectivity index (χ2v) is 5.92. The number of hydrogen-bond acceptors (Lipinski definition) is 1. The van der Waals surface area contributed by atoms with Gasteiger partial charge < -0.3 is 5.32 Å². The van der Waals surface area contributed by atoms with Crippen LogP contribution in [0.1, 0.15) is 24.0 Å². The van der Waals surface area contributed by atoms with Crippen LogP contribution < -0.4 is 5.32 Å². The minimum Gasteiger partial charge on any atom is -0.314 e. The van der Waals surface area contributed by atoms with Crippen molar-refractivity contribution in [2.24, 2.45) is 5.92 Å². The van der Waals surface area contributed by atoms with Gasteiger partial charge in [0.05, 0.1) is 0 Å². The highest BCUT2D eigenvalue weighted by Crippen LogP contribution is 2.22. The average molecular weight is 265 g/mol. The highest BCUT2D eigenvalue weighted by Gasteiger charge is 2.21. The first-order valence-electron chi connectivity index (χ1n) is 7.71. The SMILES string of the molecule is c1ccc(C[C@H]2CCN[C@H](Cc3ccccc3)C2)cc1. The van der Waals surface area contributed by atoms with Crippen molar-refractivity contribution >= 4 is 0 Å². The monoisotopic (exact) mass is 265 g/mol. The van der Waals surface area contributed by atoms with E-state index in [2.05, 4.69) is 66.0 Å². The van der Waals surface area contributed by atoms with Crippen molar-refractivity contribution in [3.63, 3.8) is 0 Å². The molecule has 1 heteroatoms. The second kappa shape index (κ2) is 6.71. The van der Waals surface area contributed by atoms with Crippen LogP contribution in [0, 0.1) is 5.92 Å². The molecule has 0 aromatic heterocycles. The van der Waals surface area contributed by atoms with E-state index >= 15 is 0 Å². The molecule has 2 aromatic carbocycles. The molecule has 3 rings (SSSR count). The maximum absolute atomic E-state index is 3.68. The molecule has 0 aliphatic carbocycles. The Labute approximate surface area is 122 Å². The molecule has 2 atom stereocenters. The molecule has 104 valence electrons. The van der Waals surface area contributed by atoms with Crippen LogP contribution in [-0.4, -0.2) is 12.6 Å². The number of rotatable bonds is 4. The van der Waals surface area contributed by atoms with E-state index in [4.69, 9.17) is 0 Å². The lowest BCUT2D eigenvalue weighted by Crippen LogP contribution is -2.40. The number of benzene rings is 2. The smallest absolute Gasteiger partial charge is 0.0110 e. The van der Waals surface area contributed by atoms with Gasteiger partial charge in [-0.15, -0.1) is 0 Å². The van der Waals surface area contributed by atoms with Gasteiger partial charge in [0.25, 0.3) is 0 Å². The normalized spacial score (nSPS) is 22.6. The maximum Gasteiger partial charge on any atom is 0.0110 e. The predicted molar refractivity (Wildman–Crippen MR) is 84.8 cm³/mol. The van der Waals surface area contributed by atoms with E-state index in [9.17, 15) is 0 Å². The summed E-state index contributed by atoms with van der Waals surface area (Å²) < 4.78 is 0. The first kappa shape index (κ1) is 13.4. The largest absolute Gasteiger partial charge is 0.314 e. The van der Waals surface area contributed by atoms with Crippen molar-refractivity contribution < 1.29 is 0 Å². The summed E-state index contributed by atoms with van der Waals surface area (Å²) in [6.07, 6.45) is 4.99. The van der Waals surface area contributed by atoms with E-state index < -0.39 is 0 Å². The first-order valence-corrected chi connectivity index (χ1v) is 7.71. The van der Waals surface area contributed by atoms with Crippen LogP contribution >= 0.6 is 0 Å². The lowest BCUT2D eigenvalue weighted by Gasteiger charge is -2.30. The zero-order chi connectivity index (χ0) is 13.6. The molecule has 1 nitrogen and oxygen atoms in total. The third-order valence-corrected chi connectivity index (χ3v) is 4.30. The molecule has 0 amide bonds. The van der Waals surface area contributed by atoms with Crippen LogP contribution in [0.5, 0.6) is 0 Å². The summed E-state index contributed by atoms with van der Waals surface area (Å²) in [4.78, 5) is 0. The molecule has 0 radical (unpaired) electrons. The van der Waals surface area contributed by atoms with Gasteiger partial charge in [-0.25, -0.2) is 0 Å². The van der Waals surface area contributed by atoms with Crippen molar-refractivity contribution in [1.29, 1.82) is 0 Å². The van der Waals surface area contributed by atoms with E-state index in [1.165, 1.54) is 30.4 Å². The van der Waals surface area contributed by atoms with E-state index in [1.807, 2.05) is 0 Å². The van der Waals surface area contributed by atoms with Crippen LogP contribution in [0.3, 0.4) is 0 Å². The van der Waals surface area contributed by atoms with Crippen LogP contribution in [0.2, 0.25) is 0 Å². The fraction of sp³-hybridized carbons (Fsp3) is 0.368. The van der Waals surface area contributed by atoms with Gasteiger partial charge in [0.2, 0.25) is 0 Å². The van der Waals surface area contributed by atoms with E-state index in [-0.39, 0.29) is 0 Å². The molecular formula is C19H23N. The number of piperidine rings is 1. The Morgan fingerprint density at radius 2 is 1.40 bits per heavy atom. The third kappa shape index (κ3) is 3.71. The molecule has 1 saturated heterocycles. The first-order chi connectivity index (χ1) is 9.90. The van der Waals surface area contributed by atoms with Crippen LogP contribution in [-0.2, 0) is 12.8 Å². The summed E-state index contributed by atoms with van der Waals surface area (Å²) in [6, 6.07) is 22.4. The molecule has 1 aliphatic rings. The Kier molecular flexibility index (Phi) is 4.49. The Balaban J connectivity index is 1.57. The van der Waals surface area contributed by atoms with Gasteiger partial charge in [0.15, 0.2) is 0 Å². The summed E-state index contributed by atoms with van der Waals surface area (Å²) in [7, 11) is 0. The van der Waals surface area contributed by atoms with Gasteiger partial charge in [0.1, 0.15) is 0 Å². The van der Waals surface area contributed by atoms with Crippen molar-refractivity contribution in [2.45, 2.75) is 31.7 Å². The van der Waals surface area contributed by atoms with Crippen LogP contribution in [0.25, 0.3) is 0 Å². The van der Waals surface area contributed by atoms with Crippen molar-refractivity contribution in [3.8, 4) is 0 Å². The maximum atomic E-state index is 3.68. The summed E-state index contributed by atoms with van der Waals surface area (Å²) in [5, 5.41) is 3.68. The standard InChI is InChI=1S/C19H23N/c1-3-7-16(8-4-1)13-18-11-12-20-19(15-18)14-17-9-5-2-6-10-17/h1-10,18-20H,11-15H2/t18-,19-/m1/s1. The van der Waals surface area contributed by atoms with Crippen molar-refractivity contribution in [1.82, 2.24) is 5.32 Å². The average Bonchev–Trinajstić information content (AvgIpc) is 2.50. The van der Waals surface area contributed by atoms with Gasteiger partial charge in [-0.1, -0.05) is 60.7 Å². The molecule has 1 aliphatic heterocycles. The summed E-state index contributed by atoms with van der Waals surface area (Å²) >= 11 is 0. The Bertz CT molecular complexity index is 458. The third-order valence-electron chi connectivity index (χ3n) is 4.30. The van der Waals surface area contributed by atoms with Gasteiger partial charge in [-0.05, 0) is 49.3 Å². The van der Waals surface area contributed by atoms with Gasteiger partial charge in [-0.3, -0.25) is 0 Å². The zero-order valence-corrected chi connectivity index (χ0v) is 12.0. The fourth-order valence-electron chi connectivity index (χ4n) is 3.28. The molecule has 0 spiro atoms. The minimum absolute atomic E-state index is 0.639. The van der Waals surface area contributed by atoms with E-state index in [0.717, 1.165) is 18.9 Å². The van der Waals surface area contributed by atoms with Crippen LogP contribution in [0.15, 0.2) is 60.7 Å². The molecule has 2 aromatic rings. The molecule has 20 heavy (non-hydrogen) atoms. The molecule has 1 fully saturated rings. The Hall–Kier alpha value is -1.60. The summed E-state index contributed by atoms with van der Waals surface area (Å²) in [5.41, 5.74) is 2.93. The number of hydrogen-bond donors (Lipinski definition) is 1. The van der Waals surface area contributed by atoms with E-state index in [1.54, 1.807) is 0 Å². The van der Waals surface area contributed by atoms with E-state index in [0.29, 0.717) is 6.04 Å². The minimum atomic E-state index is 0.639. The second-order valence-electron chi connectivity index (χ2n) is 5.92. The Morgan fingerprint density at radius 3 is 2.05 bits per heavy atom. The Morgan fingerprint density at radius 1 is 0.800 bits per heavy atom. The topological polar surface area (TPSA) is 12.0 Å². The zero-order valence-electron chi connectivity index (χ0n) is 12.0. The summed E-state index contributed by atoms with van der Waals surface area (Å²) in [5.74, 6) is 0.826. The number of nitrogens with one attached hydrogen (secondary N) is 1. The highest BCUT2D eigenvalue weighted by atomic mass is 14.9. The molecule has 1 heterocycles. The van der Waals surface area contributed by atoms with Crippen molar-refractivity contribution in [2.75, 3.05) is 6.54 Å².